The van der Waals surface area contributed by atoms with Gasteiger partial charge in [0.1, 0.15) is 11.5 Å². The number of amides is 1. The third-order valence-corrected chi connectivity index (χ3v) is 4.17. The minimum absolute atomic E-state index is 0.0245. The van der Waals surface area contributed by atoms with Crippen LogP contribution in [0.15, 0.2) is 52.2 Å². The number of hydrogen-bond donors (Lipinski definition) is 1. The maximum absolute atomic E-state index is 12.4. The number of methoxy groups -OCH3 is 1. The van der Waals surface area contributed by atoms with E-state index in [9.17, 15) is 4.79 Å². The second-order valence-corrected chi connectivity index (χ2v) is 6.06. The Morgan fingerprint density at radius 1 is 1.36 bits per heavy atom. The SMILES string of the molecule is COc1ccccc1C1=NO[C@@H](C(=O)N[C@H](C)CCc2ccco2)C1. The molecule has 132 valence electrons. The lowest BCUT2D eigenvalue weighted by Crippen LogP contribution is -2.40. The van der Waals surface area contributed by atoms with Gasteiger partial charge < -0.3 is 19.3 Å². The summed E-state index contributed by atoms with van der Waals surface area (Å²) in [6, 6.07) is 11.4. The highest BCUT2D eigenvalue weighted by Gasteiger charge is 2.30. The highest BCUT2D eigenvalue weighted by Crippen LogP contribution is 2.24. The van der Waals surface area contributed by atoms with E-state index in [0.717, 1.165) is 35.6 Å². The molecule has 0 fully saturated rings. The summed E-state index contributed by atoms with van der Waals surface area (Å²) in [5, 5.41) is 7.05. The lowest BCUT2D eigenvalue weighted by molar-refractivity contribution is -0.131. The highest BCUT2D eigenvalue weighted by molar-refractivity contribution is 6.05. The summed E-state index contributed by atoms with van der Waals surface area (Å²) < 4.78 is 10.6. The molecule has 6 heteroatoms. The van der Waals surface area contributed by atoms with Gasteiger partial charge in [0.25, 0.3) is 5.91 Å². The van der Waals surface area contributed by atoms with E-state index in [0.29, 0.717) is 6.42 Å². The number of nitrogens with one attached hydrogen (secondary N) is 1. The van der Waals surface area contributed by atoms with Crippen LogP contribution in [0.1, 0.15) is 31.1 Å². The van der Waals surface area contributed by atoms with E-state index >= 15 is 0 Å². The maximum Gasteiger partial charge on any atom is 0.264 e. The molecule has 1 N–H and O–H groups in total. The van der Waals surface area contributed by atoms with Crippen molar-refractivity contribution in [2.75, 3.05) is 7.11 Å². The summed E-state index contributed by atoms with van der Waals surface area (Å²) in [5.41, 5.74) is 1.58. The first kappa shape index (κ1) is 17.1. The molecule has 0 radical (unpaired) electrons. The zero-order chi connectivity index (χ0) is 17.6. The summed E-state index contributed by atoms with van der Waals surface area (Å²) in [7, 11) is 1.61. The number of furan rings is 1. The number of carbonyl (C=O) groups is 1. The zero-order valence-electron chi connectivity index (χ0n) is 14.4. The predicted octanol–water partition coefficient (Wildman–Crippen LogP) is 2.92. The van der Waals surface area contributed by atoms with Gasteiger partial charge in [-0.2, -0.15) is 0 Å². The van der Waals surface area contributed by atoms with Crippen LogP contribution >= 0.6 is 0 Å². The number of rotatable bonds is 7. The van der Waals surface area contributed by atoms with Crippen molar-refractivity contribution in [2.24, 2.45) is 5.16 Å². The number of carbonyl (C=O) groups excluding carboxylic acids is 1. The predicted molar refractivity (Wildman–Crippen MR) is 93.7 cm³/mol. The molecular weight excluding hydrogens is 320 g/mol. The van der Waals surface area contributed by atoms with E-state index in [1.54, 1.807) is 13.4 Å². The van der Waals surface area contributed by atoms with Crippen LogP contribution in [0.5, 0.6) is 5.75 Å². The number of hydrogen-bond acceptors (Lipinski definition) is 5. The van der Waals surface area contributed by atoms with E-state index in [4.69, 9.17) is 14.0 Å². The molecule has 0 unspecified atom stereocenters. The topological polar surface area (TPSA) is 73.1 Å². The Morgan fingerprint density at radius 3 is 2.96 bits per heavy atom. The molecule has 1 aliphatic heterocycles. The standard InChI is InChI=1S/C19H22N2O4/c1-13(9-10-14-6-5-11-24-14)20-19(22)18-12-16(21-25-18)15-7-3-4-8-17(15)23-2/h3-8,11,13,18H,9-10,12H2,1-2H3,(H,20,22)/t13-,18-/m1/s1. The lowest BCUT2D eigenvalue weighted by atomic mass is 10.0. The van der Waals surface area contributed by atoms with Gasteiger partial charge in [0.2, 0.25) is 6.10 Å². The van der Waals surface area contributed by atoms with Crippen molar-refractivity contribution < 1.29 is 18.8 Å². The first-order valence-electron chi connectivity index (χ1n) is 8.36. The minimum Gasteiger partial charge on any atom is -0.496 e. The van der Waals surface area contributed by atoms with Crippen LogP contribution in [0.25, 0.3) is 0 Å². The Morgan fingerprint density at radius 2 is 2.20 bits per heavy atom. The van der Waals surface area contributed by atoms with Crippen LogP contribution in [-0.4, -0.2) is 30.9 Å². The smallest absolute Gasteiger partial charge is 0.264 e. The fourth-order valence-corrected chi connectivity index (χ4v) is 2.78. The van der Waals surface area contributed by atoms with Gasteiger partial charge in [-0.3, -0.25) is 4.79 Å². The monoisotopic (exact) mass is 342 g/mol. The van der Waals surface area contributed by atoms with Gasteiger partial charge in [-0.1, -0.05) is 17.3 Å². The van der Waals surface area contributed by atoms with E-state index in [-0.39, 0.29) is 11.9 Å². The van der Waals surface area contributed by atoms with Crippen molar-refractivity contribution in [2.45, 2.75) is 38.3 Å². The highest BCUT2D eigenvalue weighted by atomic mass is 16.6. The molecule has 0 aliphatic carbocycles. The van der Waals surface area contributed by atoms with Crippen molar-refractivity contribution in [3.05, 3.63) is 54.0 Å². The van der Waals surface area contributed by atoms with Crippen LogP contribution < -0.4 is 10.1 Å². The molecule has 0 saturated heterocycles. The molecule has 6 nitrogen and oxygen atoms in total. The molecule has 3 rings (SSSR count). The van der Waals surface area contributed by atoms with Gasteiger partial charge >= 0.3 is 0 Å². The molecule has 2 heterocycles. The fourth-order valence-electron chi connectivity index (χ4n) is 2.78. The Labute approximate surface area is 146 Å². The normalized spacial score (nSPS) is 17.5. The van der Waals surface area contributed by atoms with Crippen molar-refractivity contribution in [3.63, 3.8) is 0 Å². The largest absolute Gasteiger partial charge is 0.496 e. The number of aryl methyl sites for hydroxylation is 1. The maximum atomic E-state index is 12.4. The minimum atomic E-state index is -0.606. The summed E-state index contributed by atoms with van der Waals surface area (Å²) in [5.74, 6) is 1.48. The van der Waals surface area contributed by atoms with Gasteiger partial charge in [-0.25, -0.2) is 0 Å². The summed E-state index contributed by atoms with van der Waals surface area (Å²) in [6.07, 6.45) is 3.06. The average molecular weight is 342 g/mol. The van der Waals surface area contributed by atoms with Crippen molar-refractivity contribution in [1.82, 2.24) is 5.32 Å². The Balaban J connectivity index is 1.51. The number of nitrogens with zero attached hydrogens (tertiary/aromatic N) is 1. The molecule has 0 bridgehead atoms. The van der Waals surface area contributed by atoms with Crippen LogP contribution in [0.2, 0.25) is 0 Å². The molecule has 1 aromatic carbocycles. The summed E-state index contributed by atoms with van der Waals surface area (Å²) in [6.45, 7) is 1.97. The first-order valence-corrected chi connectivity index (χ1v) is 8.36. The van der Waals surface area contributed by atoms with Gasteiger partial charge in [0, 0.05) is 24.4 Å². The molecule has 1 aliphatic rings. The van der Waals surface area contributed by atoms with Gasteiger partial charge in [0.15, 0.2) is 0 Å². The third kappa shape index (κ3) is 4.21. The number of oxime groups is 1. The molecule has 2 atom stereocenters. The Kier molecular flexibility index (Phi) is 5.38. The first-order chi connectivity index (χ1) is 12.2. The molecule has 0 saturated carbocycles. The van der Waals surface area contributed by atoms with Gasteiger partial charge in [-0.15, -0.1) is 0 Å². The van der Waals surface area contributed by atoms with E-state index in [2.05, 4.69) is 10.5 Å². The molecule has 25 heavy (non-hydrogen) atoms. The van der Waals surface area contributed by atoms with E-state index < -0.39 is 6.10 Å². The number of ether oxygens (including phenoxy) is 1. The zero-order valence-corrected chi connectivity index (χ0v) is 14.4. The van der Waals surface area contributed by atoms with Crippen molar-refractivity contribution in [1.29, 1.82) is 0 Å². The van der Waals surface area contributed by atoms with Crippen LogP contribution in [0.4, 0.5) is 0 Å². The van der Waals surface area contributed by atoms with E-state index in [1.807, 2.05) is 43.3 Å². The molecular formula is C19H22N2O4. The molecule has 1 amide bonds. The Bertz CT molecular complexity index is 740. The average Bonchev–Trinajstić information content (AvgIpc) is 3.31. The molecule has 0 spiro atoms. The number of benzene rings is 1. The molecule has 1 aromatic heterocycles. The quantitative estimate of drug-likeness (QED) is 0.840. The third-order valence-electron chi connectivity index (χ3n) is 4.17. The fraction of sp³-hybridized carbons (Fsp3) is 0.368. The van der Waals surface area contributed by atoms with Crippen molar-refractivity contribution >= 4 is 11.6 Å². The van der Waals surface area contributed by atoms with Gasteiger partial charge in [-0.05, 0) is 37.6 Å². The van der Waals surface area contributed by atoms with Crippen LogP contribution in [-0.2, 0) is 16.1 Å². The van der Waals surface area contributed by atoms with Crippen molar-refractivity contribution in [3.8, 4) is 5.75 Å². The molecule has 2 aromatic rings. The second kappa shape index (κ2) is 7.88. The Hall–Kier alpha value is -2.76. The summed E-state index contributed by atoms with van der Waals surface area (Å²) >= 11 is 0. The van der Waals surface area contributed by atoms with Crippen LogP contribution in [0, 0.1) is 0 Å². The second-order valence-electron chi connectivity index (χ2n) is 6.06. The van der Waals surface area contributed by atoms with Gasteiger partial charge in [0.05, 0.1) is 19.1 Å². The number of para-hydroxylation sites is 1. The lowest BCUT2D eigenvalue weighted by Gasteiger charge is -2.15. The van der Waals surface area contributed by atoms with E-state index in [1.165, 1.54) is 0 Å². The summed E-state index contributed by atoms with van der Waals surface area (Å²) in [4.78, 5) is 17.7. The van der Waals surface area contributed by atoms with Crippen LogP contribution in [0.3, 0.4) is 0 Å².